The van der Waals surface area contributed by atoms with Crippen molar-refractivity contribution in [3.8, 4) is 5.75 Å². The largest absolute Gasteiger partial charge is 0.493 e. The van der Waals surface area contributed by atoms with Crippen LogP contribution in [-0.4, -0.2) is 43.0 Å². The summed E-state index contributed by atoms with van der Waals surface area (Å²) in [4.78, 5) is 25.3. The Morgan fingerprint density at radius 2 is 2.13 bits per heavy atom. The van der Waals surface area contributed by atoms with Gasteiger partial charge in [-0.05, 0) is 19.0 Å². The highest BCUT2D eigenvalue weighted by Gasteiger charge is 2.23. The van der Waals surface area contributed by atoms with Gasteiger partial charge in [0.2, 0.25) is 11.8 Å². The highest BCUT2D eigenvalue weighted by Crippen LogP contribution is 2.31. The molecule has 1 heterocycles. The van der Waals surface area contributed by atoms with Gasteiger partial charge in [0.05, 0.1) is 25.7 Å². The Morgan fingerprint density at radius 3 is 2.87 bits per heavy atom. The Balaban J connectivity index is 1.94. The lowest BCUT2D eigenvalue weighted by Gasteiger charge is -2.28. The molecule has 0 saturated heterocycles. The number of benzene rings is 1. The molecular formula is C17H25N3O3. The molecule has 2 amide bonds. The fraction of sp³-hybridized carbons (Fsp3) is 0.529. The van der Waals surface area contributed by atoms with Crippen molar-refractivity contribution in [2.24, 2.45) is 5.73 Å². The third kappa shape index (κ3) is 5.25. The fourth-order valence-electron chi connectivity index (χ4n) is 2.75. The van der Waals surface area contributed by atoms with E-state index in [1.807, 2.05) is 24.3 Å². The van der Waals surface area contributed by atoms with Gasteiger partial charge in [-0.3, -0.25) is 14.5 Å². The smallest absolute Gasteiger partial charge is 0.234 e. The summed E-state index contributed by atoms with van der Waals surface area (Å²) in [5.74, 6) is 0.318. The Bertz CT molecular complexity index is 548. The number of primary amides is 1. The number of carbonyl (C=O) groups is 2. The number of nitrogens with one attached hydrogen (secondary N) is 1. The van der Waals surface area contributed by atoms with Crippen LogP contribution in [0.4, 0.5) is 0 Å². The van der Waals surface area contributed by atoms with E-state index in [2.05, 4.69) is 12.2 Å². The molecule has 0 saturated carbocycles. The maximum Gasteiger partial charge on any atom is 0.234 e. The molecule has 0 unspecified atom stereocenters. The lowest BCUT2D eigenvalue weighted by Crippen LogP contribution is -2.43. The maximum atomic E-state index is 12.3. The van der Waals surface area contributed by atoms with Crippen LogP contribution in [0.25, 0.3) is 0 Å². The van der Waals surface area contributed by atoms with Crippen molar-refractivity contribution in [3.05, 3.63) is 29.8 Å². The molecule has 3 N–H and O–H groups in total. The van der Waals surface area contributed by atoms with E-state index in [0.717, 1.165) is 30.6 Å². The lowest BCUT2D eigenvalue weighted by atomic mass is 10.0. The summed E-state index contributed by atoms with van der Waals surface area (Å²) >= 11 is 0. The minimum atomic E-state index is -0.412. The van der Waals surface area contributed by atoms with Crippen molar-refractivity contribution in [2.75, 3.05) is 26.2 Å². The number of hydrogen-bond donors (Lipinski definition) is 2. The van der Waals surface area contributed by atoms with Crippen molar-refractivity contribution in [3.63, 3.8) is 0 Å². The Hall–Kier alpha value is -2.08. The molecule has 6 nitrogen and oxygen atoms in total. The molecule has 126 valence electrons. The number of para-hydroxylation sites is 1. The Morgan fingerprint density at radius 1 is 1.35 bits per heavy atom. The van der Waals surface area contributed by atoms with Gasteiger partial charge in [-0.25, -0.2) is 0 Å². The van der Waals surface area contributed by atoms with Crippen LogP contribution in [0.3, 0.4) is 0 Å². The van der Waals surface area contributed by atoms with Gasteiger partial charge in [0.15, 0.2) is 0 Å². The van der Waals surface area contributed by atoms with Gasteiger partial charge in [-0.15, -0.1) is 0 Å². The van der Waals surface area contributed by atoms with Crippen molar-refractivity contribution >= 4 is 11.8 Å². The molecule has 1 aromatic rings. The van der Waals surface area contributed by atoms with Crippen LogP contribution in [0.2, 0.25) is 0 Å². The van der Waals surface area contributed by atoms with Gasteiger partial charge in [0, 0.05) is 12.0 Å². The number of nitrogens with zero attached hydrogens (tertiary/aromatic N) is 1. The number of unbranched alkanes of at least 4 members (excludes halogenated alkanes) is 1. The monoisotopic (exact) mass is 319 g/mol. The SMILES string of the molecule is CCCCN(CC(N)=O)CC(=O)N[C@H]1CCOc2ccccc21. The summed E-state index contributed by atoms with van der Waals surface area (Å²) in [7, 11) is 0. The zero-order chi connectivity index (χ0) is 16.7. The van der Waals surface area contributed by atoms with E-state index in [1.54, 1.807) is 4.90 Å². The van der Waals surface area contributed by atoms with E-state index in [1.165, 1.54) is 0 Å². The second-order valence-electron chi connectivity index (χ2n) is 5.83. The molecule has 0 radical (unpaired) electrons. The number of hydrogen-bond acceptors (Lipinski definition) is 4. The highest BCUT2D eigenvalue weighted by molar-refractivity contribution is 5.80. The predicted molar refractivity (Wildman–Crippen MR) is 88.0 cm³/mol. The van der Waals surface area contributed by atoms with Gasteiger partial charge in [-0.2, -0.15) is 0 Å². The number of amides is 2. The van der Waals surface area contributed by atoms with Crippen LogP contribution in [0.15, 0.2) is 24.3 Å². The quantitative estimate of drug-likeness (QED) is 0.754. The van der Waals surface area contributed by atoms with Crippen molar-refractivity contribution in [1.29, 1.82) is 0 Å². The maximum absolute atomic E-state index is 12.3. The van der Waals surface area contributed by atoms with E-state index in [4.69, 9.17) is 10.5 Å². The summed E-state index contributed by atoms with van der Waals surface area (Å²) in [5, 5.41) is 3.04. The summed E-state index contributed by atoms with van der Waals surface area (Å²) in [6, 6.07) is 7.69. The molecule has 2 rings (SSSR count). The number of rotatable bonds is 8. The fourth-order valence-corrected chi connectivity index (χ4v) is 2.75. The molecule has 1 aliphatic rings. The van der Waals surface area contributed by atoms with Crippen molar-refractivity contribution in [1.82, 2.24) is 10.2 Å². The molecule has 0 spiro atoms. The van der Waals surface area contributed by atoms with Crippen molar-refractivity contribution in [2.45, 2.75) is 32.2 Å². The minimum Gasteiger partial charge on any atom is -0.493 e. The molecule has 0 aliphatic carbocycles. The number of ether oxygens (including phenoxy) is 1. The van der Waals surface area contributed by atoms with E-state index in [9.17, 15) is 9.59 Å². The molecule has 1 aliphatic heterocycles. The van der Waals surface area contributed by atoms with Gasteiger partial charge in [-0.1, -0.05) is 31.5 Å². The number of nitrogens with two attached hydrogens (primary N) is 1. The molecule has 6 heteroatoms. The van der Waals surface area contributed by atoms with Crippen LogP contribution < -0.4 is 15.8 Å². The van der Waals surface area contributed by atoms with Gasteiger partial charge in [0.1, 0.15) is 5.75 Å². The summed E-state index contributed by atoms with van der Waals surface area (Å²) in [6.45, 7) is 3.64. The molecule has 0 fully saturated rings. The van der Waals surface area contributed by atoms with Crippen LogP contribution >= 0.6 is 0 Å². The van der Waals surface area contributed by atoms with E-state index in [-0.39, 0.29) is 25.0 Å². The average molecular weight is 319 g/mol. The van der Waals surface area contributed by atoms with E-state index < -0.39 is 5.91 Å². The highest BCUT2D eigenvalue weighted by atomic mass is 16.5. The molecular weight excluding hydrogens is 294 g/mol. The third-order valence-corrected chi connectivity index (χ3v) is 3.87. The third-order valence-electron chi connectivity index (χ3n) is 3.87. The number of carbonyl (C=O) groups excluding carboxylic acids is 2. The summed E-state index contributed by atoms with van der Waals surface area (Å²) < 4.78 is 5.60. The second-order valence-corrected chi connectivity index (χ2v) is 5.83. The molecule has 23 heavy (non-hydrogen) atoms. The van der Waals surface area contributed by atoms with Crippen molar-refractivity contribution < 1.29 is 14.3 Å². The van der Waals surface area contributed by atoms with Crippen LogP contribution in [0.5, 0.6) is 5.75 Å². The van der Waals surface area contributed by atoms with Gasteiger partial charge < -0.3 is 15.8 Å². The first kappa shape index (κ1) is 17.3. The summed E-state index contributed by atoms with van der Waals surface area (Å²) in [5.41, 5.74) is 6.26. The zero-order valence-corrected chi connectivity index (χ0v) is 13.6. The normalized spacial score (nSPS) is 16.5. The predicted octanol–water partition coefficient (Wildman–Crippen LogP) is 1.21. The second kappa shape index (κ2) is 8.53. The van der Waals surface area contributed by atoms with Gasteiger partial charge in [0.25, 0.3) is 0 Å². The molecule has 0 bridgehead atoms. The standard InChI is InChI=1S/C17H25N3O3/c1-2-3-9-20(11-16(18)21)12-17(22)19-14-8-10-23-15-7-5-4-6-13(14)15/h4-7,14H,2-3,8-12H2,1H3,(H2,18,21)(H,19,22)/t14-/m0/s1. The first-order chi connectivity index (χ1) is 11.1. The van der Waals surface area contributed by atoms with E-state index in [0.29, 0.717) is 13.2 Å². The topological polar surface area (TPSA) is 84.7 Å². The molecule has 1 atom stereocenters. The van der Waals surface area contributed by atoms with Crippen LogP contribution in [-0.2, 0) is 9.59 Å². The first-order valence-corrected chi connectivity index (χ1v) is 8.12. The molecule has 1 aromatic carbocycles. The lowest BCUT2D eigenvalue weighted by molar-refractivity contribution is -0.124. The average Bonchev–Trinajstić information content (AvgIpc) is 2.52. The first-order valence-electron chi connectivity index (χ1n) is 8.12. The van der Waals surface area contributed by atoms with Crippen LogP contribution in [0.1, 0.15) is 37.8 Å². The summed E-state index contributed by atoms with van der Waals surface area (Å²) in [6.07, 6.45) is 2.68. The van der Waals surface area contributed by atoms with E-state index >= 15 is 0 Å². The molecule has 0 aromatic heterocycles. The van der Waals surface area contributed by atoms with Gasteiger partial charge >= 0.3 is 0 Å². The zero-order valence-electron chi connectivity index (χ0n) is 13.6. The Labute approximate surface area is 137 Å². The minimum absolute atomic E-state index is 0.0472. The number of fused-ring (bicyclic) bond motifs is 1. The van der Waals surface area contributed by atoms with Crippen LogP contribution in [0, 0.1) is 0 Å². The Kier molecular flexibility index (Phi) is 6.40.